The highest BCUT2D eigenvalue weighted by Gasteiger charge is 2.30. The van der Waals surface area contributed by atoms with E-state index in [2.05, 4.69) is 10.3 Å². The quantitative estimate of drug-likeness (QED) is 0.781. The van der Waals surface area contributed by atoms with E-state index in [0.29, 0.717) is 23.1 Å². The molecule has 1 fully saturated rings. The van der Waals surface area contributed by atoms with E-state index in [-0.39, 0.29) is 28.7 Å². The Hall–Kier alpha value is -1.51. The van der Waals surface area contributed by atoms with Gasteiger partial charge in [-0.2, -0.15) is 0 Å². The van der Waals surface area contributed by atoms with Crippen LogP contribution < -0.4 is 5.32 Å². The van der Waals surface area contributed by atoms with Gasteiger partial charge in [0.15, 0.2) is 9.84 Å². The Morgan fingerprint density at radius 3 is 2.81 bits per heavy atom. The summed E-state index contributed by atoms with van der Waals surface area (Å²) < 4.78 is 28.4. The fourth-order valence-electron chi connectivity index (χ4n) is 2.61. The molecule has 1 aliphatic rings. The van der Waals surface area contributed by atoms with Crippen LogP contribution in [-0.2, 0) is 20.4 Å². The van der Waals surface area contributed by atoms with E-state index in [4.69, 9.17) is 16.0 Å². The highest BCUT2D eigenvalue weighted by atomic mass is 35.5. The molecule has 1 aromatic heterocycles. The summed E-state index contributed by atoms with van der Waals surface area (Å²) in [5.74, 6) is 1.05. The number of rotatable bonds is 6. The zero-order valence-corrected chi connectivity index (χ0v) is 16.5. The van der Waals surface area contributed by atoms with Gasteiger partial charge in [-0.1, -0.05) is 11.6 Å². The van der Waals surface area contributed by atoms with Crippen molar-refractivity contribution in [2.45, 2.75) is 30.4 Å². The predicted octanol–water partition coefficient (Wildman–Crippen LogP) is 2.92. The average Bonchev–Trinajstić information content (AvgIpc) is 3.19. The maximum absolute atomic E-state index is 12.2. The molecule has 26 heavy (non-hydrogen) atoms. The molecule has 0 spiro atoms. The Kier molecular flexibility index (Phi) is 5.94. The average molecular weight is 415 g/mol. The molecule has 1 saturated heterocycles. The first-order valence-electron chi connectivity index (χ1n) is 8.15. The van der Waals surface area contributed by atoms with E-state index < -0.39 is 9.84 Å². The number of hydrogen-bond donors (Lipinski definition) is 1. The normalized spacial score (nSPS) is 20.0. The molecule has 140 valence electrons. The van der Waals surface area contributed by atoms with Gasteiger partial charge in [-0.05, 0) is 37.6 Å². The first-order valence-corrected chi connectivity index (χ1v) is 11.4. The standard InChI is InChI=1S/C17H19ClN2O4S2/c1-11(16(21)19-14-6-7-26(22,23)10-14)25-9-15-8-24-17(20-15)12-2-4-13(18)5-3-12/h2-5,8,11,14H,6-7,9-10H2,1H3,(H,19,21)/t11-,14+/m1/s1. The van der Waals surface area contributed by atoms with Gasteiger partial charge in [0.25, 0.3) is 0 Å². The number of benzene rings is 1. The van der Waals surface area contributed by atoms with Crippen LogP contribution in [0.3, 0.4) is 0 Å². The number of nitrogens with one attached hydrogen (secondary N) is 1. The number of carbonyl (C=O) groups excluding carboxylic acids is 1. The minimum Gasteiger partial charge on any atom is -0.444 e. The summed E-state index contributed by atoms with van der Waals surface area (Å²) >= 11 is 7.30. The van der Waals surface area contributed by atoms with Crippen LogP contribution in [0.15, 0.2) is 34.9 Å². The van der Waals surface area contributed by atoms with Gasteiger partial charge in [0.2, 0.25) is 11.8 Å². The fraction of sp³-hybridized carbons (Fsp3) is 0.412. The first-order chi connectivity index (χ1) is 12.3. The van der Waals surface area contributed by atoms with Gasteiger partial charge in [0, 0.05) is 22.4 Å². The number of oxazole rings is 1. The van der Waals surface area contributed by atoms with Crippen LogP contribution >= 0.6 is 23.4 Å². The Balaban J connectivity index is 1.51. The molecule has 3 rings (SSSR count). The van der Waals surface area contributed by atoms with E-state index in [0.717, 1.165) is 11.3 Å². The van der Waals surface area contributed by atoms with Crippen LogP contribution in [-0.4, -0.2) is 42.1 Å². The summed E-state index contributed by atoms with van der Waals surface area (Å²) in [5, 5.41) is 3.14. The second-order valence-electron chi connectivity index (χ2n) is 6.21. The lowest BCUT2D eigenvalue weighted by Crippen LogP contribution is -2.40. The van der Waals surface area contributed by atoms with Crippen molar-refractivity contribution in [3.05, 3.63) is 41.2 Å². The zero-order valence-electron chi connectivity index (χ0n) is 14.1. The Bertz CT molecular complexity index is 880. The molecule has 0 unspecified atom stereocenters. The summed E-state index contributed by atoms with van der Waals surface area (Å²) in [7, 11) is -3.00. The van der Waals surface area contributed by atoms with Crippen molar-refractivity contribution in [1.29, 1.82) is 0 Å². The molecule has 0 bridgehead atoms. The molecular weight excluding hydrogens is 396 g/mol. The van der Waals surface area contributed by atoms with Crippen molar-refractivity contribution in [2.75, 3.05) is 11.5 Å². The molecule has 6 nitrogen and oxygen atoms in total. The molecule has 2 aromatic rings. The monoisotopic (exact) mass is 414 g/mol. The van der Waals surface area contributed by atoms with Gasteiger partial charge in [0.1, 0.15) is 6.26 Å². The summed E-state index contributed by atoms with van der Waals surface area (Å²) in [5.41, 5.74) is 1.57. The highest BCUT2D eigenvalue weighted by Crippen LogP contribution is 2.24. The minimum atomic E-state index is -3.00. The first kappa shape index (κ1) is 19.3. The van der Waals surface area contributed by atoms with Gasteiger partial charge in [-0.3, -0.25) is 4.79 Å². The van der Waals surface area contributed by atoms with Gasteiger partial charge >= 0.3 is 0 Å². The largest absolute Gasteiger partial charge is 0.444 e. The van der Waals surface area contributed by atoms with Gasteiger partial charge in [0.05, 0.1) is 22.4 Å². The number of halogens is 1. The Morgan fingerprint density at radius 2 is 2.15 bits per heavy atom. The van der Waals surface area contributed by atoms with Crippen molar-refractivity contribution in [2.24, 2.45) is 0 Å². The fourth-order valence-corrected chi connectivity index (χ4v) is 5.18. The molecule has 1 aliphatic heterocycles. The molecule has 1 amide bonds. The van der Waals surface area contributed by atoms with E-state index in [1.54, 1.807) is 25.3 Å². The van der Waals surface area contributed by atoms with Crippen molar-refractivity contribution in [3.63, 3.8) is 0 Å². The van der Waals surface area contributed by atoms with Crippen molar-refractivity contribution < 1.29 is 17.6 Å². The highest BCUT2D eigenvalue weighted by molar-refractivity contribution is 7.99. The number of amides is 1. The van der Waals surface area contributed by atoms with Crippen LogP contribution in [0.5, 0.6) is 0 Å². The molecule has 2 atom stereocenters. The lowest BCUT2D eigenvalue weighted by atomic mass is 10.2. The molecule has 1 aromatic carbocycles. The summed E-state index contributed by atoms with van der Waals surface area (Å²) in [4.78, 5) is 16.6. The van der Waals surface area contributed by atoms with Crippen LogP contribution in [0.1, 0.15) is 19.0 Å². The van der Waals surface area contributed by atoms with Crippen LogP contribution in [0.4, 0.5) is 0 Å². The second kappa shape index (κ2) is 8.02. The van der Waals surface area contributed by atoms with Crippen molar-refractivity contribution in [1.82, 2.24) is 10.3 Å². The van der Waals surface area contributed by atoms with E-state index in [1.165, 1.54) is 11.8 Å². The van der Waals surface area contributed by atoms with Gasteiger partial charge in [-0.25, -0.2) is 13.4 Å². The van der Waals surface area contributed by atoms with Gasteiger partial charge < -0.3 is 9.73 Å². The van der Waals surface area contributed by atoms with Crippen molar-refractivity contribution >= 4 is 39.1 Å². The third-order valence-electron chi connectivity index (χ3n) is 4.07. The number of hydrogen-bond acceptors (Lipinski definition) is 6. The number of sulfone groups is 1. The zero-order chi connectivity index (χ0) is 18.7. The lowest BCUT2D eigenvalue weighted by molar-refractivity contribution is -0.120. The summed E-state index contributed by atoms with van der Waals surface area (Å²) in [6.45, 7) is 1.80. The summed E-state index contributed by atoms with van der Waals surface area (Å²) in [6, 6.07) is 6.92. The maximum Gasteiger partial charge on any atom is 0.233 e. The maximum atomic E-state index is 12.2. The topological polar surface area (TPSA) is 89.3 Å². The molecule has 2 heterocycles. The van der Waals surface area contributed by atoms with Crippen LogP contribution in [0, 0.1) is 0 Å². The Labute approximate surface area is 161 Å². The van der Waals surface area contributed by atoms with E-state index in [9.17, 15) is 13.2 Å². The molecule has 0 saturated carbocycles. The van der Waals surface area contributed by atoms with E-state index >= 15 is 0 Å². The third-order valence-corrected chi connectivity index (χ3v) is 7.27. The molecular formula is C17H19ClN2O4S2. The molecule has 0 radical (unpaired) electrons. The van der Waals surface area contributed by atoms with Crippen molar-refractivity contribution in [3.8, 4) is 11.5 Å². The molecule has 1 N–H and O–H groups in total. The summed E-state index contributed by atoms with van der Waals surface area (Å²) in [6.07, 6.45) is 2.06. The smallest absolute Gasteiger partial charge is 0.233 e. The number of aromatic nitrogens is 1. The van der Waals surface area contributed by atoms with E-state index in [1.807, 2.05) is 12.1 Å². The lowest BCUT2D eigenvalue weighted by Gasteiger charge is -2.15. The number of thioether (sulfide) groups is 1. The second-order valence-corrected chi connectivity index (χ2v) is 10.2. The van der Waals surface area contributed by atoms with Gasteiger partial charge in [-0.15, -0.1) is 11.8 Å². The molecule has 0 aliphatic carbocycles. The Morgan fingerprint density at radius 1 is 1.42 bits per heavy atom. The number of carbonyl (C=O) groups is 1. The number of nitrogens with zero attached hydrogens (tertiary/aromatic N) is 1. The van der Waals surface area contributed by atoms with Crippen LogP contribution in [0.25, 0.3) is 11.5 Å². The minimum absolute atomic E-state index is 0.0316. The predicted molar refractivity (Wildman–Crippen MR) is 103 cm³/mol. The SMILES string of the molecule is C[C@@H](SCc1coc(-c2ccc(Cl)cc2)n1)C(=O)N[C@H]1CCS(=O)(=O)C1. The molecule has 9 heteroatoms. The van der Waals surface area contributed by atoms with Crippen LogP contribution in [0.2, 0.25) is 5.02 Å². The third kappa shape index (κ3) is 5.02.